The zero-order chi connectivity index (χ0) is 21.9. The number of sulfonamides is 1. The van der Waals surface area contributed by atoms with Crippen LogP contribution in [0.2, 0.25) is 0 Å². The molecule has 1 aliphatic rings. The SMILES string of the molecule is COc1ccc(OC)c(S(=O)(=O)N2CCN(Cc3cccc([N+](=O)[O-])c3C)CC2)c1. The summed E-state index contributed by atoms with van der Waals surface area (Å²) in [6.45, 7) is 3.95. The van der Waals surface area contributed by atoms with Gasteiger partial charge >= 0.3 is 0 Å². The van der Waals surface area contributed by atoms with Crippen molar-refractivity contribution in [3.05, 3.63) is 57.6 Å². The molecule has 0 radical (unpaired) electrons. The number of nitro benzene ring substituents is 1. The summed E-state index contributed by atoms with van der Waals surface area (Å²) in [5.74, 6) is 0.708. The third-order valence-corrected chi connectivity index (χ3v) is 7.25. The number of nitrogens with zero attached hydrogens (tertiary/aromatic N) is 3. The zero-order valence-electron chi connectivity index (χ0n) is 17.2. The van der Waals surface area contributed by atoms with Gasteiger partial charge in [0.25, 0.3) is 5.69 Å². The lowest BCUT2D eigenvalue weighted by molar-refractivity contribution is -0.385. The van der Waals surface area contributed by atoms with Crippen LogP contribution < -0.4 is 9.47 Å². The number of benzene rings is 2. The Morgan fingerprint density at radius 1 is 1.07 bits per heavy atom. The van der Waals surface area contributed by atoms with Crippen molar-refractivity contribution in [1.82, 2.24) is 9.21 Å². The van der Waals surface area contributed by atoms with Gasteiger partial charge in [0.15, 0.2) is 0 Å². The Kier molecular flexibility index (Phi) is 6.59. The van der Waals surface area contributed by atoms with Gasteiger partial charge in [-0.3, -0.25) is 15.0 Å². The van der Waals surface area contributed by atoms with Gasteiger partial charge in [0.2, 0.25) is 10.0 Å². The molecule has 0 aliphatic carbocycles. The van der Waals surface area contributed by atoms with Gasteiger partial charge in [-0.25, -0.2) is 8.42 Å². The first-order chi connectivity index (χ1) is 14.3. The lowest BCUT2D eigenvalue weighted by Gasteiger charge is -2.34. The Hall–Kier alpha value is -2.69. The summed E-state index contributed by atoms with van der Waals surface area (Å²) in [6.07, 6.45) is 0. The largest absolute Gasteiger partial charge is 0.497 e. The average Bonchev–Trinajstić information content (AvgIpc) is 2.74. The second kappa shape index (κ2) is 8.99. The molecule has 0 spiro atoms. The number of rotatable bonds is 7. The van der Waals surface area contributed by atoms with Crippen molar-refractivity contribution in [2.45, 2.75) is 18.4 Å². The Balaban J connectivity index is 1.73. The first kappa shape index (κ1) is 22.0. The minimum absolute atomic E-state index is 0.0762. The third-order valence-electron chi connectivity index (χ3n) is 5.33. The third kappa shape index (κ3) is 4.40. The molecule has 0 aromatic heterocycles. The first-order valence-corrected chi connectivity index (χ1v) is 10.9. The molecule has 0 amide bonds. The fourth-order valence-electron chi connectivity index (χ4n) is 3.53. The van der Waals surface area contributed by atoms with Crippen LogP contribution in [0.25, 0.3) is 0 Å². The number of hydrogen-bond acceptors (Lipinski definition) is 7. The van der Waals surface area contributed by atoms with Crippen LogP contribution in [0.4, 0.5) is 5.69 Å². The predicted molar refractivity (Wildman–Crippen MR) is 111 cm³/mol. The summed E-state index contributed by atoms with van der Waals surface area (Å²) in [5, 5.41) is 11.2. The maximum absolute atomic E-state index is 13.2. The number of ether oxygens (including phenoxy) is 2. The molecule has 2 aromatic rings. The molecule has 0 N–H and O–H groups in total. The van der Waals surface area contributed by atoms with Gasteiger partial charge in [0, 0.05) is 50.4 Å². The van der Waals surface area contributed by atoms with Crippen LogP contribution in [-0.4, -0.2) is 62.9 Å². The summed E-state index contributed by atoms with van der Waals surface area (Å²) in [4.78, 5) is 12.9. The highest BCUT2D eigenvalue weighted by atomic mass is 32.2. The molecular weight excluding hydrogens is 410 g/mol. The summed E-state index contributed by atoms with van der Waals surface area (Å²) in [6, 6.07) is 9.73. The molecular formula is C20H25N3O6S. The van der Waals surface area contributed by atoms with Crippen LogP contribution >= 0.6 is 0 Å². The molecule has 162 valence electrons. The molecule has 30 heavy (non-hydrogen) atoms. The maximum atomic E-state index is 13.2. The van der Waals surface area contributed by atoms with Crippen molar-refractivity contribution in [1.29, 1.82) is 0 Å². The van der Waals surface area contributed by atoms with E-state index in [-0.39, 0.29) is 21.3 Å². The highest BCUT2D eigenvalue weighted by Gasteiger charge is 2.31. The highest BCUT2D eigenvalue weighted by Crippen LogP contribution is 2.31. The summed E-state index contributed by atoms with van der Waals surface area (Å²) in [5.41, 5.74) is 1.60. The van der Waals surface area contributed by atoms with Crippen LogP contribution in [0.15, 0.2) is 41.3 Å². The molecule has 2 aromatic carbocycles. The van der Waals surface area contributed by atoms with E-state index in [4.69, 9.17) is 9.47 Å². The van der Waals surface area contributed by atoms with Crippen LogP contribution in [0.1, 0.15) is 11.1 Å². The molecule has 10 heteroatoms. The van der Waals surface area contributed by atoms with E-state index in [1.807, 2.05) is 6.07 Å². The van der Waals surface area contributed by atoms with Crippen molar-refractivity contribution < 1.29 is 22.8 Å². The summed E-state index contributed by atoms with van der Waals surface area (Å²) < 4.78 is 38.2. The lowest BCUT2D eigenvalue weighted by Crippen LogP contribution is -2.48. The highest BCUT2D eigenvalue weighted by molar-refractivity contribution is 7.89. The number of piperazine rings is 1. The van der Waals surface area contributed by atoms with Gasteiger partial charge in [-0.05, 0) is 24.6 Å². The van der Waals surface area contributed by atoms with E-state index in [1.54, 1.807) is 25.1 Å². The smallest absolute Gasteiger partial charge is 0.272 e. The fourth-order valence-corrected chi connectivity index (χ4v) is 5.13. The van der Waals surface area contributed by atoms with Crippen LogP contribution in [-0.2, 0) is 16.6 Å². The molecule has 9 nitrogen and oxygen atoms in total. The van der Waals surface area contributed by atoms with Gasteiger partial charge in [-0.2, -0.15) is 4.31 Å². The number of methoxy groups -OCH3 is 2. The topological polar surface area (TPSA) is 102 Å². The van der Waals surface area contributed by atoms with Gasteiger partial charge in [0.05, 0.1) is 19.1 Å². The van der Waals surface area contributed by atoms with Crippen molar-refractivity contribution in [2.75, 3.05) is 40.4 Å². The van der Waals surface area contributed by atoms with Crippen molar-refractivity contribution in [2.24, 2.45) is 0 Å². The van der Waals surface area contributed by atoms with E-state index in [0.29, 0.717) is 44.0 Å². The second-order valence-corrected chi connectivity index (χ2v) is 8.92. The quantitative estimate of drug-likeness (QED) is 0.486. The normalized spacial score (nSPS) is 15.7. The molecule has 1 heterocycles. The minimum atomic E-state index is -3.75. The van der Waals surface area contributed by atoms with Gasteiger partial charge in [0.1, 0.15) is 16.4 Å². The van der Waals surface area contributed by atoms with Crippen molar-refractivity contribution in [3.8, 4) is 11.5 Å². The minimum Gasteiger partial charge on any atom is -0.497 e. The van der Waals surface area contributed by atoms with Crippen LogP contribution in [0, 0.1) is 17.0 Å². The van der Waals surface area contributed by atoms with Crippen LogP contribution in [0.5, 0.6) is 11.5 Å². The Bertz CT molecular complexity index is 1030. The molecule has 3 rings (SSSR count). The molecule has 0 atom stereocenters. The number of hydrogen-bond donors (Lipinski definition) is 0. The predicted octanol–water partition coefficient (Wildman–Crippen LogP) is 2.43. The Morgan fingerprint density at radius 3 is 2.37 bits per heavy atom. The van der Waals surface area contributed by atoms with E-state index >= 15 is 0 Å². The molecule has 1 fully saturated rings. The van der Waals surface area contributed by atoms with Crippen LogP contribution in [0.3, 0.4) is 0 Å². The van der Waals surface area contributed by atoms with Crippen molar-refractivity contribution in [3.63, 3.8) is 0 Å². The maximum Gasteiger partial charge on any atom is 0.272 e. The monoisotopic (exact) mass is 435 g/mol. The average molecular weight is 436 g/mol. The summed E-state index contributed by atoms with van der Waals surface area (Å²) in [7, 11) is -0.838. The van der Waals surface area contributed by atoms with Gasteiger partial charge < -0.3 is 9.47 Å². The van der Waals surface area contributed by atoms with E-state index in [9.17, 15) is 18.5 Å². The zero-order valence-corrected chi connectivity index (χ0v) is 18.0. The first-order valence-electron chi connectivity index (χ1n) is 9.45. The summed E-state index contributed by atoms with van der Waals surface area (Å²) >= 11 is 0. The van der Waals surface area contributed by atoms with Gasteiger partial charge in [-0.1, -0.05) is 12.1 Å². The molecule has 1 aliphatic heterocycles. The lowest BCUT2D eigenvalue weighted by atomic mass is 10.1. The van der Waals surface area contributed by atoms with E-state index in [2.05, 4.69) is 4.90 Å². The standard InChI is InChI=1S/C20H25N3O6S/c1-15-16(5-4-6-18(15)23(24)25)14-21-9-11-22(12-10-21)30(26,27)20-13-17(28-2)7-8-19(20)29-3/h4-8,13H,9-12,14H2,1-3H3. The molecule has 0 unspecified atom stereocenters. The molecule has 1 saturated heterocycles. The van der Waals surface area contributed by atoms with Crippen molar-refractivity contribution >= 4 is 15.7 Å². The van der Waals surface area contributed by atoms with E-state index in [1.165, 1.54) is 30.7 Å². The van der Waals surface area contributed by atoms with E-state index < -0.39 is 10.0 Å². The molecule has 0 bridgehead atoms. The number of nitro groups is 1. The Morgan fingerprint density at radius 2 is 1.77 bits per heavy atom. The fraction of sp³-hybridized carbons (Fsp3) is 0.400. The van der Waals surface area contributed by atoms with Gasteiger partial charge in [-0.15, -0.1) is 0 Å². The second-order valence-electron chi connectivity index (χ2n) is 7.02. The Labute approximate surface area is 176 Å². The molecule has 0 saturated carbocycles. The van der Waals surface area contributed by atoms with E-state index in [0.717, 1.165) is 5.56 Å².